The first kappa shape index (κ1) is 16.8. The number of aromatic nitrogens is 2. The van der Waals surface area contributed by atoms with E-state index in [9.17, 15) is 0 Å². The quantitative estimate of drug-likeness (QED) is 0.550. The number of nitrogens with two attached hydrogens (primary N) is 1. The van der Waals surface area contributed by atoms with Crippen molar-refractivity contribution in [2.45, 2.75) is 0 Å². The number of pyridine rings is 1. The van der Waals surface area contributed by atoms with Crippen molar-refractivity contribution in [3.8, 4) is 17.2 Å². The molecule has 0 bridgehead atoms. The van der Waals surface area contributed by atoms with E-state index < -0.39 is 0 Å². The van der Waals surface area contributed by atoms with Crippen LogP contribution in [-0.2, 0) is 0 Å². The minimum Gasteiger partial charge on any atom is -0.493 e. The van der Waals surface area contributed by atoms with Gasteiger partial charge in [-0.2, -0.15) is 0 Å². The number of hydrogen-bond acceptors (Lipinski definition) is 8. The predicted molar refractivity (Wildman–Crippen MR) is 103 cm³/mol. The Morgan fingerprint density at radius 2 is 1.70 bits per heavy atom. The van der Waals surface area contributed by atoms with Gasteiger partial charge in [0.15, 0.2) is 22.9 Å². The fourth-order valence-electron chi connectivity index (χ4n) is 3.04. The molecule has 4 rings (SSSR count). The van der Waals surface area contributed by atoms with E-state index in [0.717, 1.165) is 10.9 Å². The van der Waals surface area contributed by atoms with Gasteiger partial charge in [-0.1, -0.05) is 17.3 Å². The molecule has 0 unspecified atom stereocenters. The molecule has 0 aliphatic heterocycles. The largest absolute Gasteiger partial charge is 0.493 e. The van der Waals surface area contributed by atoms with E-state index in [1.807, 2.05) is 24.3 Å². The number of fused-ring (bicyclic) bond motifs is 3. The van der Waals surface area contributed by atoms with Gasteiger partial charge in [-0.25, -0.2) is 4.98 Å². The van der Waals surface area contributed by atoms with Gasteiger partial charge in [0.05, 0.1) is 26.8 Å². The van der Waals surface area contributed by atoms with Crippen molar-refractivity contribution < 1.29 is 18.7 Å². The Balaban J connectivity index is 1.89. The van der Waals surface area contributed by atoms with Crippen LogP contribution in [0.4, 0.5) is 17.3 Å². The number of nitrogens with zero attached hydrogens (tertiary/aromatic N) is 2. The molecule has 0 spiro atoms. The summed E-state index contributed by atoms with van der Waals surface area (Å²) in [6.07, 6.45) is 0. The Hall–Kier alpha value is -3.68. The van der Waals surface area contributed by atoms with Crippen LogP contribution in [0, 0.1) is 0 Å². The summed E-state index contributed by atoms with van der Waals surface area (Å²) in [6.45, 7) is 0. The number of methoxy groups -OCH3 is 3. The highest BCUT2D eigenvalue weighted by Gasteiger charge is 2.18. The molecule has 0 aliphatic rings. The minimum atomic E-state index is 0.262. The smallest absolute Gasteiger partial charge is 0.203 e. The fourth-order valence-corrected chi connectivity index (χ4v) is 3.04. The van der Waals surface area contributed by atoms with E-state index in [2.05, 4.69) is 15.5 Å². The van der Waals surface area contributed by atoms with Crippen LogP contribution in [-0.4, -0.2) is 31.5 Å². The molecule has 4 aromatic rings. The number of ether oxygens (including phenoxy) is 3. The number of rotatable bonds is 5. The second-order valence-electron chi connectivity index (χ2n) is 5.79. The van der Waals surface area contributed by atoms with Gasteiger partial charge >= 0.3 is 0 Å². The van der Waals surface area contributed by atoms with Crippen molar-refractivity contribution in [1.29, 1.82) is 0 Å². The summed E-state index contributed by atoms with van der Waals surface area (Å²) in [6, 6.07) is 11.2. The maximum Gasteiger partial charge on any atom is 0.203 e. The standard InChI is InChI=1S/C19H18N4O4/c1-24-13-8-10(9-14(25-2)17(13)26-3)21-19-15-16(27-23-18(15)20)11-6-4-5-7-12(11)22-19/h4-9H,1-3H3,(H2,20,23)(H,21,22). The van der Waals surface area contributed by atoms with Gasteiger partial charge in [-0.15, -0.1) is 0 Å². The third kappa shape index (κ3) is 2.71. The molecule has 3 N–H and O–H groups in total. The van der Waals surface area contributed by atoms with Crippen molar-refractivity contribution in [3.05, 3.63) is 36.4 Å². The highest BCUT2D eigenvalue weighted by molar-refractivity contribution is 6.11. The monoisotopic (exact) mass is 366 g/mol. The van der Waals surface area contributed by atoms with Crippen LogP contribution >= 0.6 is 0 Å². The third-order valence-electron chi connectivity index (χ3n) is 4.26. The number of para-hydroxylation sites is 1. The van der Waals surface area contributed by atoms with E-state index in [0.29, 0.717) is 39.7 Å². The molecule has 0 saturated heterocycles. The minimum absolute atomic E-state index is 0.262. The van der Waals surface area contributed by atoms with E-state index in [-0.39, 0.29) is 5.82 Å². The summed E-state index contributed by atoms with van der Waals surface area (Å²) in [4.78, 5) is 4.68. The van der Waals surface area contributed by atoms with Crippen LogP contribution in [0.3, 0.4) is 0 Å². The Labute approximate surface area is 154 Å². The molecule has 0 amide bonds. The number of anilines is 3. The zero-order chi connectivity index (χ0) is 19.0. The number of benzene rings is 2. The summed E-state index contributed by atoms with van der Waals surface area (Å²) in [5, 5.41) is 8.61. The van der Waals surface area contributed by atoms with Crippen LogP contribution < -0.4 is 25.3 Å². The summed E-state index contributed by atoms with van der Waals surface area (Å²) in [5.41, 5.74) is 8.05. The fraction of sp³-hybridized carbons (Fsp3) is 0.158. The molecule has 0 fully saturated rings. The highest BCUT2D eigenvalue weighted by atomic mass is 16.5. The van der Waals surface area contributed by atoms with Crippen molar-refractivity contribution in [1.82, 2.24) is 10.1 Å². The molecular weight excluding hydrogens is 348 g/mol. The van der Waals surface area contributed by atoms with Crippen molar-refractivity contribution in [3.63, 3.8) is 0 Å². The zero-order valence-corrected chi connectivity index (χ0v) is 15.1. The molecule has 0 radical (unpaired) electrons. The molecule has 2 aromatic carbocycles. The average Bonchev–Trinajstić information content (AvgIpc) is 3.09. The zero-order valence-electron chi connectivity index (χ0n) is 15.1. The molecule has 0 saturated carbocycles. The van der Waals surface area contributed by atoms with Crippen LogP contribution in [0.2, 0.25) is 0 Å². The first-order chi connectivity index (χ1) is 13.2. The van der Waals surface area contributed by atoms with Gasteiger partial charge in [0.2, 0.25) is 5.75 Å². The van der Waals surface area contributed by atoms with Gasteiger partial charge < -0.3 is 29.8 Å². The summed E-state index contributed by atoms with van der Waals surface area (Å²) >= 11 is 0. The number of hydrogen-bond donors (Lipinski definition) is 2. The highest BCUT2D eigenvalue weighted by Crippen LogP contribution is 2.41. The number of nitrogen functional groups attached to an aromatic ring is 1. The lowest BCUT2D eigenvalue weighted by atomic mass is 10.1. The molecule has 27 heavy (non-hydrogen) atoms. The molecule has 138 valence electrons. The van der Waals surface area contributed by atoms with E-state index >= 15 is 0 Å². The first-order valence-corrected chi connectivity index (χ1v) is 8.17. The second-order valence-corrected chi connectivity index (χ2v) is 5.79. The summed E-state index contributed by atoms with van der Waals surface area (Å²) in [7, 11) is 4.68. The average molecular weight is 366 g/mol. The molecule has 8 nitrogen and oxygen atoms in total. The maximum absolute atomic E-state index is 6.03. The maximum atomic E-state index is 6.03. The van der Waals surface area contributed by atoms with Gasteiger partial charge in [-0.05, 0) is 12.1 Å². The van der Waals surface area contributed by atoms with E-state index in [1.54, 1.807) is 33.5 Å². The van der Waals surface area contributed by atoms with Crippen LogP contribution in [0.15, 0.2) is 40.9 Å². The van der Waals surface area contributed by atoms with Crippen molar-refractivity contribution in [2.24, 2.45) is 0 Å². The number of nitrogens with one attached hydrogen (secondary N) is 1. The van der Waals surface area contributed by atoms with Crippen molar-refractivity contribution in [2.75, 3.05) is 32.4 Å². The third-order valence-corrected chi connectivity index (χ3v) is 4.26. The molecule has 2 heterocycles. The van der Waals surface area contributed by atoms with Crippen molar-refractivity contribution >= 4 is 39.2 Å². The molecule has 8 heteroatoms. The normalized spacial score (nSPS) is 10.9. The second kappa shape index (κ2) is 6.56. The van der Waals surface area contributed by atoms with Gasteiger partial charge in [0.25, 0.3) is 0 Å². The van der Waals surface area contributed by atoms with Crippen LogP contribution in [0.1, 0.15) is 0 Å². The molecule has 0 aliphatic carbocycles. The molecule has 0 atom stereocenters. The van der Waals surface area contributed by atoms with Crippen LogP contribution in [0.5, 0.6) is 17.2 Å². The Bertz CT molecular complexity index is 1110. The van der Waals surface area contributed by atoms with Gasteiger partial charge in [0.1, 0.15) is 11.2 Å². The van der Waals surface area contributed by atoms with Gasteiger partial charge in [0, 0.05) is 23.2 Å². The topological polar surface area (TPSA) is 105 Å². The lowest BCUT2D eigenvalue weighted by Gasteiger charge is -2.15. The first-order valence-electron chi connectivity index (χ1n) is 8.17. The van der Waals surface area contributed by atoms with Crippen LogP contribution in [0.25, 0.3) is 21.9 Å². The molecular formula is C19H18N4O4. The lowest BCUT2D eigenvalue weighted by molar-refractivity contribution is 0.324. The van der Waals surface area contributed by atoms with Gasteiger partial charge in [-0.3, -0.25) is 0 Å². The Kier molecular flexibility index (Phi) is 4.08. The van der Waals surface area contributed by atoms with E-state index in [4.69, 9.17) is 24.5 Å². The summed E-state index contributed by atoms with van der Waals surface area (Å²) in [5.74, 6) is 2.34. The molecule has 2 aromatic heterocycles. The lowest BCUT2D eigenvalue weighted by Crippen LogP contribution is -2.00. The van der Waals surface area contributed by atoms with E-state index in [1.165, 1.54) is 0 Å². The Morgan fingerprint density at radius 1 is 1.00 bits per heavy atom. The summed E-state index contributed by atoms with van der Waals surface area (Å²) < 4.78 is 21.6. The Morgan fingerprint density at radius 3 is 2.37 bits per heavy atom. The predicted octanol–water partition coefficient (Wildman–Crippen LogP) is 3.73. The SMILES string of the molecule is COc1cc(Nc2nc3ccccc3c3onc(N)c23)cc(OC)c1OC.